The SMILES string of the molecule is CCOC(=O)CC(CC(=O)ON(CC)CC)(OC(=O)CC)C(=O)Oc1ccc(CC(C)C)cc1. The summed E-state index contributed by atoms with van der Waals surface area (Å²) in [5, 5.41) is 1.37. The molecule has 9 nitrogen and oxygen atoms in total. The summed E-state index contributed by atoms with van der Waals surface area (Å²) in [6.45, 7) is 11.8. The van der Waals surface area contributed by atoms with Gasteiger partial charge in [-0.2, -0.15) is 0 Å². The van der Waals surface area contributed by atoms with Crippen LogP contribution in [0.3, 0.4) is 0 Å². The van der Waals surface area contributed by atoms with Crippen molar-refractivity contribution >= 4 is 23.9 Å². The Morgan fingerprint density at radius 2 is 1.47 bits per heavy atom. The maximum atomic E-state index is 13.3. The van der Waals surface area contributed by atoms with Crippen LogP contribution in [0.4, 0.5) is 0 Å². The Balaban J connectivity index is 3.28. The summed E-state index contributed by atoms with van der Waals surface area (Å²) in [6.07, 6.45) is -0.623. The van der Waals surface area contributed by atoms with Crippen LogP contribution in [0.2, 0.25) is 0 Å². The van der Waals surface area contributed by atoms with E-state index in [1.54, 1.807) is 32.9 Å². The number of carbonyl (C=O) groups excluding carboxylic acids is 4. The van der Waals surface area contributed by atoms with E-state index in [1.165, 1.54) is 12.0 Å². The molecule has 0 amide bonds. The molecule has 9 heteroatoms. The minimum absolute atomic E-state index is 0.0485. The highest BCUT2D eigenvalue weighted by atomic mass is 16.7. The molecule has 0 radical (unpaired) electrons. The summed E-state index contributed by atoms with van der Waals surface area (Å²) in [5.41, 5.74) is -1.17. The third-order valence-electron chi connectivity index (χ3n) is 4.85. The molecule has 0 aromatic heterocycles. The van der Waals surface area contributed by atoms with Gasteiger partial charge in [0.15, 0.2) is 0 Å². The number of esters is 3. The summed E-state index contributed by atoms with van der Waals surface area (Å²) in [6, 6.07) is 6.87. The first-order chi connectivity index (χ1) is 16.1. The van der Waals surface area contributed by atoms with Crippen molar-refractivity contribution in [3.8, 4) is 5.75 Å². The van der Waals surface area contributed by atoms with Crippen LogP contribution in [0.25, 0.3) is 0 Å². The van der Waals surface area contributed by atoms with Crippen LogP contribution in [0.5, 0.6) is 5.75 Å². The van der Waals surface area contributed by atoms with E-state index in [-0.39, 0.29) is 18.8 Å². The van der Waals surface area contributed by atoms with Crippen LogP contribution in [0, 0.1) is 5.92 Å². The van der Waals surface area contributed by atoms with E-state index in [4.69, 9.17) is 19.0 Å². The maximum Gasteiger partial charge on any atom is 0.357 e. The predicted molar refractivity (Wildman–Crippen MR) is 125 cm³/mol. The highest BCUT2D eigenvalue weighted by Gasteiger charge is 2.49. The molecule has 0 bridgehead atoms. The van der Waals surface area contributed by atoms with Crippen LogP contribution in [-0.2, 0) is 39.9 Å². The summed E-state index contributed by atoms with van der Waals surface area (Å²) < 4.78 is 15.8. The molecule has 0 saturated carbocycles. The molecule has 1 aromatic carbocycles. The molecule has 0 saturated heterocycles. The standard InChI is InChI=1S/C25H37NO8/c1-7-21(27)33-25(16-22(28)31-10-4,17-23(29)34-26(8-2)9-3)24(30)32-20-13-11-19(12-14-20)15-18(5)6/h11-14,18H,7-10,15-17H2,1-6H3. The molecule has 0 fully saturated rings. The lowest BCUT2D eigenvalue weighted by molar-refractivity contribution is -0.201. The Labute approximate surface area is 201 Å². The number of hydroxylamine groups is 2. The van der Waals surface area contributed by atoms with Gasteiger partial charge in [0.05, 0.1) is 19.4 Å². The Morgan fingerprint density at radius 1 is 0.882 bits per heavy atom. The number of hydrogen-bond donors (Lipinski definition) is 0. The van der Waals surface area contributed by atoms with Crippen molar-refractivity contribution < 1.29 is 38.2 Å². The second-order valence-electron chi connectivity index (χ2n) is 8.19. The molecule has 190 valence electrons. The van der Waals surface area contributed by atoms with Gasteiger partial charge in [-0.1, -0.05) is 32.9 Å². The van der Waals surface area contributed by atoms with Gasteiger partial charge in [-0.05, 0) is 50.8 Å². The topological polar surface area (TPSA) is 108 Å². The first-order valence-corrected chi connectivity index (χ1v) is 11.7. The average Bonchev–Trinajstić information content (AvgIpc) is 2.78. The van der Waals surface area contributed by atoms with E-state index in [2.05, 4.69) is 13.8 Å². The first kappa shape index (κ1) is 29.1. The highest BCUT2D eigenvalue weighted by Crippen LogP contribution is 2.28. The minimum Gasteiger partial charge on any atom is -0.466 e. The van der Waals surface area contributed by atoms with Gasteiger partial charge in [0.1, 0.15) is 5.75 Å². The molecule has 0 spiro atoms. The Morgan fingerprint density at radius 3 is 1.97 bits per heavy atom. The van der Waals surface area contributed by atoms with E-state index >= 15 is 0 Å². The molecular formula is C25H37NO8. The van der Waals surface area contributed by atoms with Crippen LogP contribution < -0.4 is 4.74 Å². The van der Waals surface area contributed by atoms with Crippen LogP contribution in [0.15, 0.2) is 24.3 Å². The van der Waals surface area contributed by atoms with Gasteiger partial charge in [-0.3, -0.25) is 14.4 Å². The van der Waals surface area contributed by atoms with Crippen molar-refractivity contribution in [3.05, 3.63) is 29.8 Å². The summed E-state index contributed by atoms with van der Waals surface area (Å²) >= 11 is 0. The van der Waals surface area contributed by atoms with E-state index in [1.807, 2.05) is 12.1 Å². The highest BCUT2D eigenvalue weighted by molar-refractivity contribution is 5.93. The maximum absolute atomic E-state index is 13.3. The molecule has 1 rings (SSSR count). The van der Waals surface area contributed by atoms with Gasteiger partial charge in [0.25, 0.3) is 0 Å². The van der Waals surface area contributed by atoms with Crippen LogP contribution in [0.1, 0.15) is 66.4 Å². The fourth-order valence-electron chi connectivity index (χ4n) is 3.18. The van der Waals surface area contributed by atoms with E-state index in [9.17, 15) is 19.2 Å². The molecule has 0 heterocycles. The summed E-state index contributed by atoms with van der Waals surface area (Å²) in [5.74, 6) is -2.85. The summed E-state index contributed by atoms with van der Waals surface area (Å²) in [7, 11) is 0. The normalized spacial score (nSPS) is 12.7. The van der Waals surface area contributed by atoms with Gasteiger partial charge in [-0.15, -0.1) is 5.06 Å². The zero-order valence-corrected chi connectivity index (χ0v) is 21.0. The molecule has 1 atom stereocenters. The van der Waals surface area contributed by atoms with Gasteiger partial charge < -0.3 is 19.0 Å². The zero-order valence-electron chi connectivity index (χ0n) is 21.0. The fourth-order valence-corrected chi connectivity index (χ4v) is 3.18. The number of benzene rings is 1. The minimum atomic E-state index is -2.24. The monoisotopic (exact) mass is 479 g/mol. The second kappa shape index (κ2) is 14.3. The lowest BCUT2D eigenvalue weighted by Crippen LogP contribution is -2.50. The molecule has 1 unspecified atom stereocenters. The molecule has 0 aliphatic rings. The third-order valence-corrected chi connectivity index (χ3v) is 4.85. The fraction of sp³-hybridized carbons (Fsp3) is 0.600. The number of hydrogen-bond acceptors (Lipinski definition) is 9. The average molecular weight is 480 g/mol. The van der Waals surface area contributed by atoms with Crippen molar-refractivity contribution in [2.45, 2.75) is 72.8 Å². The van der Waals surface area contributed by atoms with Crippen LogP contribution >= 0.6 is 0 Å². The molecule has 1 aromatic rings. The van der Waals surface area contributed by atoms with E-state index in [0.717, 1.165) is 12.0 Å². The first-order valence-electron chi connectivity index (χ1n) is 11.7. The van der Waals surface area contributed by atoms with E-state index in [0.29, 0.717) is 19.0 Å². The quantitative estimate of drug-likeness (QED) is 0.224. The van der Waals surface area contributed by atoms with Crippen LogP contribution in [-0.4, -0.2) is 54.2 Å². The van der Waals surface area contributed by atoms with E-state index < -0.39 is 42.3 Å². The van der Waals surface area contributed by atoms with Gasteiger partial charge >= 0.3 is 23.9 Å². The predicted octanol–water partition coefficient (Wildman–Crippen LogP) is 3.63. The summed E-state index contributed by atoms with van der Waals surface area (Å²) in [4.78, 5) is 55.9. The molecular weight excluding hydrogens is 442 g/mol. The second-order valence-corrected chi connectivity index (χ2v) is 8.19. The number of nitrogens with zero attached hydrogens (tertiary/aromatic N) is 1. The number of ether oxygens (including phenoxy) is 3. The zero-order chi connectivity index (χ0) is 25.7. The lowest BCUT2D eigenvalue weighted by atomic mass is 9.94. The molecule has 0 aliphatic heterocycles. The van der Waals surface area contributed by atoms with Gasteiger partial charge in [-0.25, -0.2) is 4.79 Å². The Kier molecular flexibility index (Phi) is 12.3. The number of rotatable bonds is 14. The van der Waals surface area contributed by atoms with Crippen molar-refractivity contribution in [3.63, 3.8) is 0 Å². The van der Waals surface area contributed by atoms with Crippen molar-refractivity contribution in [1.29, 1.82) is 0 Å². The molecule has 34 heavy (non-hydrogen) atoms. The lowest BCUT2D eigenvalue weighted by Gasteiger charge is -2.30. The molecule has 0 aliphatic carbocycles. The number of carbonyl (C=O) groups is 4. The van der Waals surface area contributed by atoms with Crippen molar-refractivity contribution in [1.82, 2.24) is 5.06 Å². The van der Waals surface area contributed by atoms with Gasteiger partial charge in [0.2, 0.25) is 5.60 Å². The molecule has 0 N–H and O–H groups in total. The van der Waals surface area contributed by atoms with Crippen molar-refractivity contribution in [2.24, 2.45) is 5.92 Å². The Hall–Kier alpha value is -2.94. The third kappa shape index (κ3) is 9.51. The van der Waals surface area contributed by atoms with Crippen molar-refractivity contribution in [2.75, 3.05) is 19.7 Å². The Bertz CT molecular complexity index is 817. The smallest absolute Gasteiger partial charge is 0.357 e. The largest absolute Gasteiger partial charge is 0.466 e. The van der Waals surface area contributed by atoms with Gasteiger partial charge in [0, 0.05) is 19.5 Å².